The van der Waals surface area contributed by atoms with E-state index in [2.05, 4.69) is 50.3 Å². The highest BCUT2D eigenvalue weighted by atomic mass is 16.6. The predicted octanol–water partition coefficient (Wildman–Crippen LogP) is 14.1. The van der Waals surface area contributed by atoms with Gasteiger partial charge in [-0.2, -0.15) is 0 Å². The molecule has 288 valence electrons. The van der Waals surface area contributed by atoms with E-state index >= 15 is 0 Å². The molecule has 0 bridgehead atoms. The smallest absolute Gasteiger partial charge is 0.306 e. The summed E-state index contributed by atoms with van der Waals surface area (Å²) in [5.41, 5.74) is 0. The number of aliphatic hydroxyl groups excluding tert-OH is 1. The molecule has 0 heterocycles. The summed E-state index contributed by atoms with van der Waals surface area (Å²) in [6.45, 7) is 5.26. The molecule has 0 aromatic heterocycles. The Balaban J connectivity index is 3.40. The Morgan fingerprint density at radius 3 is 1.39 bits per heavy atom. The molecular formula is C45H84O4. The predicted molar refractivity (Wildman–Crippen MR) is 214 cm³/mol. The third-order valence-corrected chi connectivity index (χ3v) is 9.48. The van der Waals surface area contributed by atoms with Gasteiger partial charge in [0.05, 0.1) is 13.2 Å². The first kappa shape index (κ1) is 47.6. The van der Waals surface area contributed by atoms with E-state index in [1.807, 2.05) is 0 Å². The molecule has 0 radical (unpaired) electrons. The van der Waals surface area contributed by atoms with E-state index in [0.717, 1.165) is 38.5 Å². The molecule has 49 heavy (non-hydrogen) atoms. The topological polar surface area (TPSA) is 55.8 Å². The highest BCUT2D eigenvalue weighted by Gasteiger charge is 2.13. The Hall–Kier alpha value is -1.39. The number of allylic oxidation sites excluding steroid dienone is 6. The van der Waals surface area contributed by atoms with Crippen molar-refractivity contribution >= 4 is 5.97 Å². The highest BCUT2D eigenvalue weighted by Crippen LogP contribution is 2.15. The maximum absolute atomic E-state index is 12.2. The van der Waals surface area contributed by atoms with Crippen LogP contribution in [0.3, 0.4) is 0 Å². The number of ether oxygens (including phenoxy) is 2. The molecule has 1 atom stereocenters. The fourth-order valence-electron chi connectivity index (χ4n) is 6.28. The number of rotatable bonds is 40. The highest BCUT2D eigenvalue weighted by molar-refractivity contribution is 5.69. The number of carbonyl (C=O) groups excluding carboxylic acids is 1. The molecule has 0 amide bonds. The van der Waals surface area contributed by atoms with Crippen LogP contribution in [-0.2, 0) is 14.3 Å². The molecule has 1 N–H and O–H groups in total. The minimum absolute atomic E-state index is 0.173. The third kappa shape index (κ3) is 40.9. The summed E-state index contributed by atoms with van der Waals surface area (Å²) < 4.78 is 11.2. The van der Waals surface area contributed by atoms with Gasteiger partial charge < -0.3 is 14.6 Å². The minimum atomic E-state index is -0.536. The maximum Gasteiger partial charge on any atom is 0.306 e. The summed E-state index contributed by atoms with van der Waals surface area (Å²) in [7, 11) is 0. The van der Waals surface area contributed by atoms with Crippen LogP contribution in [0.1, 0.15) is 219 Å². The second-order valence-corrected chi connectivity index (χ2v) is 14.4. The van der Waals surface area contributed by atoms with E-state index in [9.17, 15) is 9.90 Å². The van der Waals surface area contributed by atoms with Gasteiger partial charge in [0.1, 0.15) is 6.10 Å². The molecule has 0 aromatic carbocycles. The van der Waals surface area contributed by atoms with Crippen LogP contribution in [0.2, 0.25) is 0 Å². The van der Waals surface area contributed by atoms with Crippen LogP contribution in [-0.4, -0.2) is 37.0 Å². The summed E-state index contributed by atoms with van der Waals surface area (Å²) in [5.74, 6) is -0.208. The Bertz CT molecular complexity index is 728. The number of carbonyl (C=O) groups is 1. The molecule has 0 fully saturated rings. The van der Waals surface area contributed by atoms with Crippen molar-refractivity contribution < 1.29 is 19.4 Å². The molecule has 0 spiro atoms. The second-order valence-electron chi connectivity index (χ2n) is 14.4. The van der Waals surface area contributed by atoms with Gasteiger partial charge in [-0.3, -0.25) is 4.79 Å². The molecular weight excluding hydrogens is 604 g/mol. The number of hydrogen-bond acceptors (Lipinski definition) is 4. The van der Waals surface area contributed by atoms with Crippen molar-refractivity contribution in [1.82, 2.24) is 0 Å². The fraction of sp³-hybridized carbons (Fsp3) is 0.844. The molecule has 4 nitrogen and oxygen atoms in total. The summed E-state index contributed by atoms with van der Waals surface area (Å²) >= 11 is 0. The van der Waals surface area contributed by atoms with Gasteiger partial charge >= 0.3 is 5.97 Å². The zero-order valence-corrected chi connectivity index (χ0v) is 33.0. The van der Waals surface area contributed by atoms with Crippen molar-refractivity contribution in [3.05, 3.63) is 36.5 Å². The SMILES string of the molecule is CC/C=C\C/C=C\C/C=C\CCCCCCCCCC(=O)OC(CO)COCCCCCCCCCCCCCCCCCCCCCC. The zero-order chi connectivity index (χ0) is 35.6. The van der Waals surface area contributed by atoms with Gasteiger partial charge in [-0.25, -0.2) is 0 Å². The first-order chi connectivity index (χ1) is 24.2. The van der Waals surface area contributed by atoms with Gasteiger partial charge in [0, 0.05) is 13.0 Å². The molecule has 0 saturated carbocycles. The average molecular weight is 689 g/mol. The lowest BCUT2D eigenvalue weighted by molar-refractivity contribution is -0.154. The Morgan fingerprint density at radius 1 is 0.510 bits per heavy atom. The van der Waals surface area contributed by atoms with Crippen LogP contribution in [0.5, 0.6) is 0 Å². The van der Waals surface area contributed by atoms with Gasteiger partial charge in [-0.15, -0.1) is 0 Å². The maximum atomic E-state index is 12.2. The number of esters is 1. The van der Waals surface area contributed by atoms with Gasteiger partial charge in [0.25, 0.3) is 0 Å². The van der Waals surface area contributed by atoms with Crippen molar-refractivity contribution in [1.29, 1.82) is 0 Å². The summed E-state index contributed by atoms with van der Waals surface area (Å²) in [6.07, 6.45) is 53.5. The Morgan fingerprint density at radius 2 is 0.918 bits per heavy atom. The van der Waals surface area contributed by atoms with Crippen molar-refractivity contribution in [3.8, 4) is 0 Å². The number of hydrogen-bond donors (Lipinski definition) is 1. The van der Waals surface area contributed by atoms with Crippen molar-refractivity contribution in [3.63, 3.8) is 0 Å². The van der Waals surface area contributed by atoms with Crippen LogP contribution in [0, 0.1) is 0 Å². The summed E-state index contributed by atoms with van der Waals surface area (Å²) in [5, 5.41) is 9.60. The van der Waals surface area contributed by atoms with E-state index in [4.69, 9.17) is 9.47 Å². The molecule has 0 saturated heterocycles. The molecule has 0 aliphatic carbocycles. The van der Waals surface area contributed by atoms with E-state index in [1.165, 1.54) is 161 Å². The Labute approximate surface area is 306 Å². The zero-order valence-electron chi connectivity index (χ0n) is 33.0. The van der Waals surface area contributed by atoms with E-state index in [-0.39, 0.29) is 12.6 Å². The first-order valence-corrected chi connectivity index (χ1v) is 21.6. The Kier molecular flexibility index (Phi) is 41.6. The monoisotopic (exact) mass is 689 g/mol. The minimum Gasteiger partial charge on any atom is -0.457 e. The van der Waals surface area contributed by atoms with Gasteiger partial charge in [-0.1, -0.05) is 204 Å². The van der Waals surface area contributed by atoms with Crippen LogP contribution >= 0.6 is 0 Å². The largest absolute Gasteiger partial charge is 0.457 e. The lowest BCUT2D eigenvalue weighted by Gasteiger charge is -2.16. The van der Waals surface area contributed by atoms with Crippen LogP contribution in [0.25, 0.3) is 0 Å². The van der Waals surface area contributed by atoms with Crippen LogP contribution in [0.15, 0.2) is 36.5 Å². The molecule has 0 aliphatic rings. The van der Waals surface area contributed by atoms with Gasteiger partial charge in [0.15, 0.2) is 0 Å². The fourth-order valence-corrected chi connectivity index (χ4v) is 6.28. The number of unbranched alkanes of at least 4 members (excludes halogenated alkanes) is 26. The van der Waals surface area contributed by atoms with Crippen molar-refractivity contribution in [2.45, 2.75) is 225 Å². The van der Waals surface area contributed by atoms with Crippen LogP contribution in [0.4, 0.5) is 0 Å². The van der Waals surface area contributed by atoms with E-state index in [1.54, 1.807) is 0 Å². The first-order valence-electron chi connectivity index (χ1n) is 21.6. The molecule has 4 heteroatoms. The van der Waals surface area contributed by atoms with E-state index in [0.29, 0.717) is 19.6 Å². The standard InChI is InChI=1S/C45H84O4/c1-3-5-7-9-11-13-15-17-19-21-22-23-25-27-29-31-33-35-37-39-41-48-43-44(42-46)49-45(47)40-38-36-34-32-30-28-26-24-20-18-16-14-12-10-8-6-4-2/h6,8,12,14,18,20,44,46H,3-5,7,9-11,13,15-17,19,21-43H2,1-2H3/b8-6-,14-12-,20-18-. The summed E-state index contributed by atoms with van der Waals surface area (Å²) in [4.78, 5) is 12.2. The van der Waals surface area contributed by atoms with E-state index < -0.39 is 6.10 Å². The lowest BCUT2D eigenvalue weighted by Crippen LogP contribution is -2.27. The summed E-state index contributed by atoms with van der Waals surface area (Å²) in [6, 6.07) is 0. The van der Waals surface area contributed by atoms with Gasteiger partial charge in [-0.05, 0) is 44.9 Å². The van der Waals surface area contributed by atoms with Crippen LogP contribution < -0.4 is 0 Å². The number of aliphatic hydroxyl groups is 1. The quantitative estimate of drug-likeness (QED) is 0.0395. The third-order valence-electron chi connectivity index (χ3n) is 9.48. The van der Waals surface area contributed by atoms with Crippen molar-refractivity contribution in [2.75, 3.05) is 19.8 Å². The van der Waals surface area contributed by atoms with Crippen molar-refractivity contribution in [2.24, 2.45) is 0 Å². The molecule has 0 aromatic rings. The normalized spacial score (nSPS) is 12.6. The molecule has 0 rings (SSSR count). The molecule has 1 unspecified atom stereocenters. The average Bonchev–Trinajstić information content (AvgIpc) is 3.11. The lowest BCUT2D eigenvalue weighted by atomic mass is 10.0. The second kappa shape index (κ2) is 42.8. The van der Waals surface area contributed by atoms with Gasteiger partial charge in [0.2, 0.25) is 0 Å². The molecule has 0 aliphatic heterocycles.